The molecule has 0 unspecified atom stereocenters. The molecule has 1 aromatic carbocycles. The minimum absolute atomic E-state index is 0.117. The third kappa shape index (κ3) is 2.72. The van der Waals surface area contributed by atoms with Crippen LogP contribution in [0.2, 0.25) is 5.02 Å². The van der Waals surface area contributed by atoms with Crippen LogP contribution in [-0.4, -0.2) is 24.3 Å². The van der Waals surface area contributed by atoms with E-state index in [9.17, 15) is 13.2 Å². The fourth-order valence-electron chi connectivity index (χ4n) is 2.41. The molecule has 0 atom stereocenters. The Morgan fingerprint density at radius 2 is 1.92 bits per heavy atom. The highest BCUT2D eigenvalue weighted by atomic mass is 35.5. The molecule has 0 spiro atoms. The molecule has 0 aliphatic heterocycles. The number of aromatic nitrogens is 5. The van der Waals surface area contributed by atoms with E-state index in [-0.39, 0.29) is 5.82 Å². The van der Waals surface area contributed by atoms with Gasteiger partial charge in [-0.25, -0.2) is 19.9 Å². The third-order valence-corrected chi connectivity index (χ3v) is 3.78. The van der Waals surface area contributed by atoms with Gasteiger partial charge in [0, 0.05) is 12.4 Å². The Labute approximate surface area is 143 Å². The molecular formula is C15H8ClF3N6. The number of fused-ring (bicyclic) bond motifs is 3. The molecule has 25 heavy (non-hydrogen) atoms. The van der Waals surface area contributed by atoms with Crippen molar-refractivity contribution in [3.05, 3.63) is 53.7 Å². The molecule has 3 aromatic heterocycles. The van der Waals surface area contributed by atoms with E-state index in [0.29, 0.717) is 33.7 Å². The minimum Gasteiger partial charge on any atom is -0.321 e. The number of halogens is 4. The largest absolute Gasteiger partial charge is 0.434 e. The van der Waals surface area contributed by atoms with E-state index in [1.807, 2.05) is 0 Å². The van der Waals surface area contributed by atoms with E-state index in [2.05, 4.69) is 25.3 Å². The van der Waals surface area contributed by atoms with Gasteiger partial charge in [-0.05, 0) is 12.1 Å². The van der Waals surface area contributed by atoms with Crippen molar-refractivity contribution in [2.24, 2.45) is 0 Å². The van der Waals surface area contributed by atoms with E-state index in [1.165, 1.54) is 0 Å². The first-order valence-corrected chi connectivity index (χ1v) is 7.39. The van der Waals surface area contributed by atoms with Gasteiger partial charge in [0.2, 0.25) is 0 Å². The SMILES string of the molecule is FC(F)(F)c1cnc(Nc2nc3cccc(Cl)c3n3ccnc23)cn1. The van der Waals surface area contributed by atoms with Crippen molar-refractivity contribution in [3.8, 4) is 0 Å². The second kappa shape index (κ2) is 5.55. The van der Waals surface area contributed by atoms with E-state index < -0.39 is 11.9 Å². The number of anilines is 2. The van der Waals surface area contributed by atoms with Crippen LogP contribution in [0.1, 0.15) is 5.69 Å². The highest BCUT2D eigenvalue weighted by molar-refractivity contribution is 6.35. The van der Waals surface area contributed by atoms with Crippen LogP contribution in [0.4, 0.5) is 24.8 Å². The molecule has 4 aromatic rings. The normalized spacial score (nSPS) is 12.0. The van der Waals surface area contributed by atoms with Crippen LogP contribution in [0.25, 0.3) is 16.7 Å². The second-order valence-electron chi connectivity index (χ2n) is 5.10. The summed E-state index contributed by atoms with van der Waals surface area (Å²) in [5, 5.41) is 3.35. The molecule has 126 valence electrons. The van der Waals surface area contributed by atoms with Crippen LogP contribution in [0, 0.1) is 0 Å². The van der Waals surface area contributed by atoms with E-state index in [0.717, 1.165) is 6.20 Å². The van der Waals surface area contributed by atoms with E-state index >= 15 is 0 Å². The molecule has 0 saturated carbocycles. The van der Waals surface area contributed by atoms with Gasteiger partial charge < -0.3 is 5.32 Å². The van der Waals surface area contributed by atoms with Crippen molar-refractivity contribution in [1.29, 1.82) is 0 Å². The van der Waals surface area contributed by atoms with Crippen LogP contribution >= 0.6 is 11.6 Å². The maximum Gasteiger partial charge on any atom is 0.434 e. The average molecular weight is 365 g/mol. The zero-order valence-electron chi connectivity index (χ0n) is 12.3. The number of benzene rings is 1. The Morgan fingerprint density at radius 1 is 1.08 bits per heavy atom. The lowest BCUT2D eigenvalue weighted by Gasteiger charge is -2.10. The number of para-hydroxylation sites is 1. The van der Waals surface area contributed by atoms with Gasteiger partial charge in [0.25, 0.3) is 0 Å². The van der Waals surface area contributed by atoms with Crippen LogP contribution in [0.5, 0.6) is 0 Å². The Morgan fingerprint density at radius 3 is 2.64 bits per heavy atom. The highest BCUT2D eigenvalue weighted by Gasteiger charge is 2.32. The first-order chi connectivity index (χ1) is 11.9. The lowest BCUT2D eigenvalue weighted by Crippen LogP contribution is -2.09. The van der Waals surface area contributed by atoms with Crippen molar-refractivity contribution in [3.63, 3.8) is 0 Å². The van der Waals surface area contributed by atoms with Crippen molar-refractivity contribution in [2.45, 2.75) is 6.18 Å². The van der Waals surface area contributed by atoms with Crippen LogP contribution in [-0.2, 0) is 6.18 Å². The van der Waals surface area contributed by atoms with Crippen LogP contribution in [0.15, 0.2) is 43.0 Å². The van der Waals surface area contributed by atoms with Gasteiger partial charge in [0.1, 0.15) is 5.82 Å². The molecule has 0 bridgehead atoms. The summed E-state index contributed by atoms with van der Waals surface area (Å²) < 4.78 is 39.4. The number of nitrogens with zero attached hydrogens (tertiary/aromatic N) is 5. The first-order valence-electron chi connectivity index (χ1n) is 7.01. The average Bonchev–Trinajstić information content (AvgIpc) is 3.04. The first kappa shape index (κ1) is 15.6. The van der Waals surface area contributed by atoms with Crippen LogP contribution < -0.4 is 5.32 Å². The number of nitrogens with one attached hydrogen (secondary N) is 1. The zero-order valence-corrected chi connectivity index (χ0v) is 13.0. The second-order valence-corrected chi connectivity index (χ2v) is 5.51. The molecule has 0 amide bonds. The standard InChI is InChI=1S/C15H8ClF3N6/c16-8-2-1-3-9-12(8)25-5-4-20-14(25)13(23-9)24-11-7-21-10(6-22-11)15(17,18)19/h1-7H,(H,22,23,24). The summed E-state index contributed by atoms with van der Waals surface area (Å²) in [6.07, 6.45) is 0.396. The lowest BCUT2D eigenvalue weighted by molar-refractivity contribution is -0.141. The topological polar surface area (TPSA) is 68.0 Å². The van der Waals surface area contributed by atoms with Gasteiger partial charge in [-0.15, -0.1) is 0 Å². The van der Waals surface area contributed by atoms with E-state index in [4.69, 9.17) is 11.6 Å². The molecule has 1 N–H and O–H groups in total. The summed E-state index contributed by atoms with van der Waals surface area (Å²) in [6, 6.07) is 5.26. The Balaban J connectivity index is 1.80. The monoisotopic (exact) mass is 364 g/mol. The predicted molar refractivity (Wildman–Crippen MR) is 85.8 cm³/mol. The van der Waals surface area contributed by atoms with Crippen molar-refractivity contribution in [2.75, 3.05) is 5.32 Å². The predicted octanol–water partition coefficient (Wildman–Crippen LogP) is 4.09. The molecule has 0 fully saturated rings. The van der Waals surface area contributed by atoms with E-state index in [1.54, 1.807) is 35.0 Å². The summed E-state index contributed by atoms with van der Waals surface area (Å²) >= 11 is 6.23. The number of hydrogen-bond acceptors (Lipinski definition) is 5. The molecule has 6 nitrogen and oxygen atoms in total. The number of imidazole rings is 1. The summed E-state index contributed by atoms with van der Waals surface area (Å²) in [5.41, 5.74) is 0.672. The number of hydrogen-bond donors (Lipinski definition) is 1. The van der Waals surface area contributed by atoms with Gasteiger partial charge in [0.15, 0.2) is 17.2 Å². The summed E-state index contributed by atoms with van der Waals surface area (Å²) in [5.74, 6) is 0.445. The third-order valence-electron chi connectivity index (χ3n) is 3.48. The molecule has 3 heterocycles. The van der Waals surface area contributed by atoms with Crippen molar-refractivity contribution < 1.29 is 13.2 Å². The quantitative estimate of drug-likeness (QED) is 0.580. The van der Waals surface area contributed by atoms with Crippen molar-refractivity contribution >= 4 is 39.9 Å². The summed E-state index contributed by atoms with van der Waals surface area (Å²) in [7, 11) is 0. The molecule has 4 rings (SSSR count). The maximum atomic E-state index is 12.6. The van der Waals surface area contributed by atoms with Gasteiger partial charge in [-0.2, -0.15) is 13.2 Å². The highest BCUT2D eigenvalue weighted by Crippen LogP contribution is 2.29. The molecule has 10 heteroatoms. The fourth-order valence-corrected chi connectivity index (χ4v) is 2.67. The lowest BCUT2D eigenvalue weighted by atomic mass is 10.3. The smallest absolute Gasteiger partial charge is 0.321 e. The van der Waals surface area contributed by atoms with Crippen LogP contribution in [0.3, 0.4) is 0 Å². The van der Waals surface area contributed by atoms with Gasteiger partial charge in [-0.1, -0.05) is 17.7 Å². The molecular weight excluding hydrogens is 357 g/mol. The fraction of sp³-hybridized carbons (Fsp3) is 0.0667. The molecule has 0 radical (unpaired) electrons. The minimum atomic E-state index is -4.54. The Kier molecular flexibility index (Phi) is 3.46. The van der Waals surface area contributed by atoms with Gasteiger partial charge in [-0.3, -0.25) is 4.40 Å². The van der Waals surface area contributed by atoms with Gasteiger partial charge >= 0.3 is 6.18 Å². The molecule has 0 aliphatic carbocycles. The molecule has 0 saturated heterocycles. The zero-order chi connectivity index (χ0) is 17.6. The Bertz CT molecular complexity index is 1070. The maximum absolute atomic E-state index is 12.6. The van der Waals surface area contributed by atoms with Gasteiger partial charge in [0.05, 0.1) is 28.4 Å². The Hall–Kier alpha value is -2.94. The van der Waals surface area contributed by atoms with Crippen molar-refractivity contribution in [1.82, 2.24) is 24.3 Å². The number of rotatable bonds is 2. The molecule has 0 aliphatic rings. The summed E-state index contributed by atoms with van der Waals surface area (Å²) in [4.78, 5) is 15.7. The number of alkyl halides is 3. The summed E-state index contributed by atoms with van der Waals surface area (Å²) in [6.45, 7) is 0.